The molecule has 2 aromatic carbocycles. The van der Waals surface area contributed by atoms with Gasteiger partial charge >= 0.3 is 0 Å². The van der Waals surface area contributed by atoms with Crippen molar-refractivity contribution in [2.24, 2.45) is 5.10 Å². The number of hydrazone groups is 1. The van der Waals surface area contributed by atoms with Crippen LogP contribution >= 0.6 is 23.2 Å². The first-order valence-electron chi connectivity index (χ1n) is 8.35. The Hall–Kier alpha value is -2.17. The number of fused-ring (bicyclic) bond motifs is 3. The zero-order chi connectivity index (χ0) is 18.5. The molecule has 4 nitrogen and oxygen atoms in total. The zero-order valence-electron chi connectivity index (χ0n) is 14.4. The van der Waals surface area contributed by atoms with Crippen LogP contribution in [-0.2, 0) is 0 Å². The SMILES string of the molecule is C/C(O)=C\C1(C)Oc2ccc(Cl)cc2C2CC(c3ccc(Cl)cc3)=NN21. The van der Waals surface area contributed by atoms with E-state index in [4.69, 9.17) is 33.0 Å². The molecule has 26 heavy (non-hydrogen) atoms. The van der Waals surface area contributed by atoms with E-state index in [1.807, 2.05) is 54.4 Å². The van der Waals surface area contributed by atoms with Crippen LogP contribution < -0.4 is 4.74 Å². The number of aliphatic hydroxyl groups excluding tert-OH is 1. The zero-order valence-corrected chi connectivity index (χ0v) is 15.9. The molecule has 0 spiro atoms. The molecule has 0 fully saturated rings. The van der Waals surface area contributed by atoms with Gasteiger partial charge in [0.1, 0.15) is 5.75 Å². The molecule has 0 amide bonds. The third-order valence-electron chi connectivity index (χ3n) is 4.67. The van der Waals surface area contributed by atoms with E-state index in [0.29, 0.717) is 16.5 Å². The number of benzene rings is 2. The molecule has 6 heteroatoms. The van der Waals surface area contributed by atoms with E-state index in [0.717, 1.165) is 22.6 Å². The predicted molar refractivity (Wildman–Crippen MR) is 104 cm³/mol. The van der Waals surface area contributed by atoms with Crippen LogP contribution in [0, 0.1) is 0 Å². The molecule has 0 saturated heterocycles. The summed E-state index contributed by atoms with van der Waals surface area (Å²) in [7, 11) is 0. The van der Waals surface area contributed by atoms with Crippen molar-refractivity contribution in [1.29, 1.82) is 0 Å². The van der Waals surface area contributed by atoms with Gasteiger partial charge in [0.15, 0.2) is 0 Å². The summed E-state index contributed by atoms with van der Waals surface area (Å²) in [6.45, 7) is 3.52. The summed E-state index contributed by atoms with van der Waals surface area (Å²) in [4.78, 5) is 0. The van der Waals surface area contributed by atoms with Crippen LogP contribution in [0.25, 0.3) is 0 Å². The molecule has 0 aliphatic carbocycles. The van der Waals surface area contributed by atoms with Gasteiger partial charge in [0.2, 0.25) is 5.72 Å². The van der Waals surface area contributed by atoms with Crippen LogP contribution in [0.15, 0.2) is 59.4 Å². The normalized spacial score (nSPS) is 24.6. The summed E-state index contributed by atoms with van der Waals surface area (Å²) in [6.07, 6.45) is 2.39. The van der Waals surface area contributed by atoms with Gasteiger partial charge in [-0.2, -0.15) is 5.10 Å². The average molecular weight is 389 g/mol. The Morgan fingerprint density at radius 2 is 1.92 bits per heavy atom. The molecule has 0 aromatic heterocycles. The molecule has 1 N–H and O–H groups in total. The highest BCUT2D eigenvalue weighted by molar-refractivity contribution is 6.31. The average Bonchev–Trinajstić information content (AvgIpc) is 3.02. The van der Waals surface area contributed by atoms with E-state index in [1.54, 1.807) is 13.0 Å². The summed E-state index contributed by atoms with van der Waals surface area (Å²) in [5.41, 5.74) is 2.06. The fourth-order valence-electron chi connectivity index (χ4n) is 3.60. The first-order valence-corrected chi connectivity index (χ1v) is 9.11. The van der Waals surface area contributed by atoms with Gasteiger partial charge < -0.3 is 9.84 Å². The number of rotatable bonds is 2. The van der Waals surface area contributed by atoms with E-state index < -0.39 is 5.72 Å². The Morgan fingerprint density at radius 1 is 1.23 bits per heavy atom. The van der Waals surface area contributed by atoms with Crippen molar-refractivity contribution >= 4 is 28.9 Å². The number of hydrogen-bond donors (Lipinski definition) is 1. The molecule has 134 valence electrons. The summed E-state index contributed by atoms with van der Waals surface area (Å²) in [6, 6.07) is 13.2. The number of aliphatic hydroxyl groups is 1. The Labute approximate surface area is 162 Å². The number of nitrogens with zero attached hydrogens (tertiary/aromatic N) is 2. The Morgan fingerprint density at radius 3 is 2.62 bits per heavy atom. The fourth-order valence-corrected chi connectivity index (χ4v) is 3.91. The third kappa shape index (κ3) is 2.93. The Kier molecular flexibility index (Phi) is 4.13. The highest BCUT2D eigenvalue weighted by Crippen LogP contribution is 2.48. The maximum Gasteiger partial charge on any atom is 0.218 e. The van der Waals surface area contributed by atoms with Gasteiger partial charge in [-0.15, -0.1) is 0 Å². The quantitative estimate of drug-likeness (QED) is 0.669. The van der Waals surface area contributed by atoms with E-state index in [9.17, 15) is 5.11 Å². The molecule has 4 rings (SSSR count). The minimum Gasteiger partial charge on any atom is -0.513 e. The first kappa shape index (κ1) is 17.3. The Balaban J connectivity index is 1.82. The summed E-state index contributed by atoms with van der Waals surface area (Å²) in [5.74, 6) is 0.932. The number of hydrogen-bond acceptors (Lipinski definition) is 4. The van der Waals surface area contributed by atoms with Crippen molar-refractivity contribution < 1.29 is 9.84 Å². The van der Waals surface area contributed by atoms with E-state index >= 15 is 0 Å². The van der Waals surface area contributed by atoms with Crippen molar-refractivity contribution in [2.75, 3.05) is 0 Å². The maximum absolute atomic E-state index is 9.87. The molecular weight excluding hydrogens is 371 g/mol. The van der Waals surface area contributed by atoms with Crippen LogP contribution in [0.3, 0.4) is 0 Å². The molecule has 2 heterocycles. The smallest absolute Gasteiger partial charge is 0.218 e. The van der Waals surface area contributed by atoms with Gasteiger partial charge in [0, 0.05) is 35.0 Å². The number of allylic oxidation sites excluding steroid dienone is 1. The highest BCUT2D eigenvalue weighted by atomic mass is 35.5. The second kappa shape index (κ2) is 6.22. The monoisotopic (exact) mass is 388 g/mol. The summed E-state index contributed by atoms with van der Waals surface area (Å²) in [5, 5.41) is 17.9. The molecule has 2 aromatic rings. The molecule has 2 aliphatic heterocycles. The van der Waals surface area contributed by atoms with Gasteiger partial charge in [-0.25, -0.2) is 5.01 Å². The van der Waals surface area contributed by atoms with Crippen molar-refractivity contribution in [1.82, 2.24) is 5.01 Å². The van der Waals surface area contributed by atoms with Gasteiger partial charge in [-0.05, 0) is 42.8 Å². The highest BCUT2D eigenvalue weighted by Gasteiger charge is 2.46. The molecule has 2 atom stereocenters. The molecule has 0 radical (unpaired) electrons. The van der Waals surface area contributed by atoms with Crippen molar-refractivity contribution in [3.05, 3.63) is 75.5 Å². The molecular formula is C20H18Cl2N2O2. The molecule has 0 saturated carbocycles. The molecule has 2 aliphatic rings. The number of halogens is 2. The van der Waals surface area contributed by atoms with Crippen LogP contribution in [0.2, 0.25) is 10.0 Å². The summed E-state index contributed by atoms with van der Waals surface area (Å²) < 4.78 is 6.21. The Bertz CT molecular complexity index is 920. The van der Waals surface area contributed by atoms with Gasteiger partial charge in [0.25, 0.3) is 0 Å². The van der Waals surface area contributed by atoms with Gasteiger partial charge in [0.05, 0.1) is 17.5 Å². The number of ether oxygens (including phenoxy) is 1. The van der Waals surface area contributed by atoms with E-state index in [-0.39, 0.29) is 11.8 Å². The van der Waals surface area contributed by atoms with E-state index in [1.165, 1.54) is 0 Å². The minimum atomic E-state index is -0.890. The lowest BCUT2D eigenvalue weighted by molar-refractivity contribution is -0.0697. The lowest BCUT2D eigenvalue weighted by Crippen LogP contribution is -2.50. The van der Waals surface area contributed by atoms with Gasteiger partial charge in [-0.1, -0.05) is 35.3 Å². The standard InChI is InChI=1S/C20H18Cl2N2O2/c1-12(25)11-20(2)24-18(16-9-15(22)7-8-19(16)26-20)10-17(23-24)13-3-5-14(21)6-4-13/h3-9,11,18,25H,10H2,1-2H3/b12-11+. The largest absolute Gasteiger partial charge is 0.513 e. The lowest BCUT2D eigenvalue weighted by Gasteiger charge is -2.44. The summed E-state index contributed by atoms with van der Waals surface area (Å²) >= 11 is 12.2. The van der Waals surface area contributed by atoms with Gasteiger partial charge in [-0.3, -0.25) is 0 Å². The van der Waals surface area contributed by atoms with Crippen LogP contribution in [0.4, 0.5) is 0 Å². The molecule has 2 unspecified atom stereocenters. The minimum absolute atomic E-state index is 0.0243. The third-order valence-corrected chi connectivity index (χ3v) is 5.15. The predicted octanol–water partition coefficient (Wildman–Crippen LogP) is 5.71. The van der Waals surface area contributed by atoms with Crippen LogP contribution in [0.5, 0.6) is 5.75 Å². The maximum atomic E-state index is 9.87. The molecule has 0 bridgehead atoms. The second-order valence-electron chi connectivity index (χ2n) is 6.74. The fraction of sp³-hybridized carbons (Fsp3) is 0.250. The topological polar surface area (TPSA) is 45.1 Å². The van der Waals surface area contributed by atoms with Crippen molar-refractivity contribution in [3.63, 3.8) is 0 Å². The van der Waals surface area contributed by atoms with E-state index in [2.05, 4.69) is 0 Å². The van der Waals surface area contributed by atoms with Crippen molar-refractivity contribution in [3.8, 4) is 5.75 Å². The van der Waals surface area contributed by atoms with Crippen molar-refractivity contribution in [2.45, 2.75) is 32.0 Å². The lowest BCUT2D eigenvalue weighted by atomic mass is 9.94. The van der Waals surface area contributed by atoms with Crippen LogP contribution in [-0.4, -0.2) is 21.6 Å². The second-order valence-corrected chi connectivity index (χ2v) is 7.62. The van der Waals surface area contributed by atoms with Crippen LogP contribution in [0.1, 0.15) is 37.4 Å². The first-order chi connectivity index (χ1) is 12.4.